The largest absolute Gasteiger partial charge is 0.499 e. The van der Waals surface area contributed by atoms with Gasteiger partial charge in [0.1, 0.15) is 17.0 Å². The molecule has 38 heavy (non-hydrogen) atoms. The highest BCUT2D eigenvalue weighted by molar-refractivity contribution is 7.91. The Morgan fingerprint density at radius 1 is 1.18 bits per heavy atom. The van der Waals surface area contributed by atoms with Gasteiger partial charge in [-0.3, -0.25) is 0 Å². The van der Waals surface area contributed by atoms with Crippen LogP contribution in [0.2, 0.25) is 0 Å². The highest BCUT2D eigenvalue weighted by Gasteiger charge is 2.61. The molecule has 2 heterocycles. The normalized spacial score (nSPS) is 14.4. The Balaban J connectivity index is 1.79. The van der Waals surface area contributed by atoms with Crippen molar-refractivity contribution in [3.05, 3.63) is 30.3 Å². The number of hydrogen-bond acceptors (Lipinski definition) is 8. The second kappa shape index (κ2) is 9.49. The number of amides is 2. The molecule has 0 saturated heterocycles. The third-order valence-corrected chi connectivity index (χ3v) is 7.39. The minimum atomic E-state index is -5.96. The molecule has 0 aliphatic heterocycles. The molecule has 1 aromatic carbocycles. The first-order chi connectivity index (χ1) is 17.7. The lowest BCUT2D eigenvalue weighted by Crippen LogP contribution is -2.41. The quantitative estimate of drug-likeness (QED) is 0.219. The van der Waals surface area contributed by atoms with Crippen molar-refractivity contribution >= 4 is 39.5 Å². The topological polar surface area (TPSA) is 118 Å². The summed E-state index contributed by atoms with van der Waals surface area (Å²) in [5.41, 5.74) is -0.636. The number of rotatable bonds is 8. The molecule has 0 radical (unpaired) electrons. The number of carbonyl (C=O) groups excluding carboxylic acids is 1. The number of oxazole rings is 1. The van der Waals surface area contributed by atoms with Crippen molar-refractivity contribution in [3.63, 3.8) is 0 Å². The fourth-order valence-electron chi connectivity index (χ4n) is 3.39. The first-order valence-electron chi connectivity index (χ1n) is 11.0. The number of urea groups is 1. The molecule has 3 aromatic rings. The van der Waals surface area contributed by atoms with Gasteiger partial charge in [-0.15, -0.1) is 0 Å². The van der Waals surface area contributed by atoms with E-state index in [0.29, 0.717) is 0 Å². The minimum Gasteiger partial charge on any atom is -0.435 e. The molecular weight excluding hydrogens is 541 g/mol. The molecule has 0 unspecified atom stereocenters. The van der Waals surface area contributed by atoms with Crippen molar-refractivity contribution in [2.45, 2.75) is 43.0 Å². The van der Waals surface area contributed by atoms with Gasteiger partial charge in [0.05, 0.1) is 10.6 Å². The van der Waals surface area contributed by atoms with E-state index in [1.165, 1.54) is 24.0 Å². The van der Waals surface area contributed by atoms with E-state index in [-0.39, 0.29) is 39.3 Å². The van der Waals surface area contributed by atoms with Gasteiger partial charge >= 0.3 is 18.3 Å². The maximum absolute atomic E-state index is 13.3. The standard InChI is InChI=1S/C22H20F5N5O5S/c1-4-38(34,35)16-9-10-17(32(28-2)20(33)31(3)12-5-6-12)30-18(16)19-29-14-11-13(7-8-15(14)36-19)37-22(26,27)21(23,24)25/h7-12H,2,4-6H2,1,3H3. The number of halogens is 5. The highest BCUT2D eigenvalue weighted by Crippen LogP contribution is 2.39. The third-order valence-electron chi connectivity index (χ3n) is 5.63. The SMILES string of the molecule is C=NN(C(=O)N(C)C1CC1)c1ccc(S(=O)(=O)CC)c(-c2nc3cc(OC(F)(F)C(F)(F)F)ccc3o2)n1. The van der Waals surface area contributed by atoms with Crippen LogP contribution in [0, 0.1) is 0 Å². The molecule has 1 aliphatic carbocycles. The number of pyridine rings is 1. The average Bonchev–Trinajstić information content (AvgIpc) is 3.61. The Morgan fingerprint density at radius 3 is 2.45 bits per heavy atom. The van der Waals surface area contributed by atoms with Crippen LogP contribution in [0.1, 0.15) is 19.8 Å². The van der Waals surface area contributed by atoms with Crippen LogP contribution >= 0.6 is 0 Å². The second-order valence-corrected chi connectivity index (χ2v) is 10.5. The summed E-state index contributed by atoms with van der Waals surface area (Å²) < 4.78 is 99.1. The lowest BCUT2D eigenvalue weighted by atomic mass is 10.3. The Bertz CT molecular complexity index is 1500. The lowest BCUT2D eigenvalue weighted by molar-refractivity contribution is -0.360. The minimum absolute atomic E-state index is 0.0177. The summed E-state index contributed by atoms with van der Waals surface area (Å²) in [6, 6.07) is 4.46. The molecule has 4 rings (SSSR count). The Kier molecular flexibility index (Phi) is 6.80. The number of ether oxygens (including phenoxy) is 1. The number of anilines is 1. The third kappa shape index (κ3) is 5.12. The maximum Gasteiger partial charge on any atom is 0.499 e. The first kappa shape index (κ1) is 27.2. The van der Waals surface area contributed by atoms with Crippen molar-refractivity contribution in [2.24, 2.45) is 5.10 Å². The van der Waals surface area contributed by atoms with Gasteiger partial charge in [0.2, 0.25) is 5.89 Å². The zero-order valence-corrected chi connectivity index (χ0v) is 20.7. The van der Waals surface area contributed by atoms with Crippen molar-refractivity contribution in [1.82, 2.24) is 14.9 Å². The molecule has 1 aliphatic rings. The Morgan fingerprint density at radius 2 is 1.87 bits per heavy atom. The number of sulfone groups is 1. The van der Waals surface area contributed by atoms with Crippen molar-refractivity contribution in [1.29, 1.82) is 0 Å². The molecule has 1 fully saturated rings. The Labute approximate surface area is 212 Å². The van der Waals surface area contributed by atoms with Crippen LogP contribution in [0.5, 0.6) is 5.75 Å². The van der Waals surface area contributed by atoms with E-state index < -0.39 is 39.8 Å². The summed E-state index contributed by atoms with van der Waals surface area (Å²) in [5.74, 6) is -1.71. The van der Waals surface area contributed by atoms with Gasteiger partial charge in [-0.2, -0.15) is 32.1 Å². The fourth-order valence-corrected chi connectivity index (χ4v) is 4.40. The second-order valence-electron chi connectivity index (χ2n) is 8.26. The molecule has 0 bridgehead atoms. The predicted molar refractivity (Wildman–Crippen MR) is 125 cm³/mol. The highest BCUT2D eigenvalue weighted by atomic mass is 32.2. The van der Waals surface area contributed by atoms with Gasteiger partial charge < -0.3 is 14.1 Å². The van der Waals surface area contributed by atoms with E-state index in [4.69, 9.17) is 4.42 Å². The van der Waals surface area contributed by atoms with Gasteiger partial charge in [-0.1, -0.05) is 6.92 Å². The lowest BCUT2D eigenvalue weighted by Gasteiger charge is -2.23. The number of hydrazone groups is 1. The molecule has 0 spiro atoms. The van der Waals surface area contributed by atoms with Crippen LogP contribution in [-0.4, -0.2) is 67.2 Å². The van der Waals surface area contributed by atoms with Gasteiger partial charge in [-0.05, 0) is 37.1 Å². The van der Waals surface area contributed by atoms with E-state index in [2.05, 4.69) is 26.5 Å². The van der Waals surface area contributed by atoms with Gasteiger partial charge in [0, 0.05) is 25.9 Å². The number of nitrogens with zero attached hydrogens (tertiary/aromatic N) is 5. The van der Waals surface area contributed by atoms with Crippen LogP contribution in [0.15, 0.2) is 44.7 Å². The molecule has 2 amide bonds. The van der Waals surface area contributed by atoms with Crippen LogP contribution in [-0.2, 0) is 9.84 Å². The number of alkyl halides is 5. The summed E-state index contributed by atoms with van der Waals surface area (Å²) >= 11 is 0. The fraction of sp³-hybridized carbons (Fsp3) is 0.364. The summed E-state index contributed by atoms with van der Waals surface area (Å²) in [7, 11) is -2.36. The first-order valence-corrected chi connectivity index (χ1v) is 12.7. The summed E-state index contributed by atoms with van der Waals surface area (Å²) in [6.45, 7) is 4.76. The van der Waals surface area contributed by atoms with Gasteiger partial charge in [0.25, 0.3) is 0 Å². The smallest absolute Gasteiger partial charge is 0.435 e. The number of carbonyl (C=O) groups is 1. The van der Waals surface area contributed by atoms with Crippen molar-refractivity contribution in [2.75, 3.05) is 17.8 Å². The molecular formula is C22H20F5N5O5S. The number of benzene rings is 1. The van der Waals surface area contributed by atoms with Crippen molar-refractivity contribution < 1.29 is 44.3 Å². The van der Waals surface area contributed by atoms with Gasteiger partial charge in [0.15, 0.2) is 21.2 Å². The molecule has 0 N–H and O–H groups in total. The van der Waals surface area contributed by atoms with Crippen LogP contribution < -0.4 is 9.75 Å². The van der Waals surface area contributed by atoms with Crippen LogP contribution in [0.3, 0.4) is 0 Å². The zero-order chi connectivity index (χ0) is 28.0. The van der Waals surface area contributed by atoms with E-state index in [1.54, 1.807) is 7.05 Å². The van der Waals surface area contributed by atoms with E-state index in [9.17, 15) is 35.2 Å². The molecule has 1 saturated carbocycles. The average molecular weight is 561 g/mol. The number of hydrogen-bond donors (Lipinski definition) is 0. The van der Waals surface area contributed by atoms with Gasteiger partial charge in [-0.25, -0.2) is 23.2 Å². The summed E-state index contributed by atoms with van der Waals surface area (Å²) in [5, 5.41) is 4.55. The summed E-state index contributed by atoms with van der Waals surface area (Å²) in [6.07, 6.45) is -9.81. The maximum atomic E-state index is 13.3. The van der Waals surface area contributed by atoms with E-state index >= 15 is 0 Å². The number of fused-ring (bicyclic) bond motifs is 1. The van der Waals surface area contributed by atoms with Crippen LogP contribution in [0.25, 0.3) is 22.7 Å². The molecule has 0 atom stereocenters. The molecule has 16 heteroatoms. The van der Waals surface area contributed by atoms with E-state index in [1.807, 2.05) is 0 Å². The number of aromatic nitrogens is 2. The van der Waals surface area contributed by atoms with Crippen molar-refractivity contribution in [3.8, 4) is 17.3 Å². The summed E-state index contributed by atoms with van der Waals surface area (Å²) in [4.78, 5) is 22.2. The monoisotopic (exact) mass is 561 g/mol. The zero-order valence-electron chi connectivity index (χ0n) is 19.9. The predicted octanol–water partition coefficient (Wildman–Crippen LogP) is 4.85. The van der Waals surface area contributed by atoms with Crippen LogP contribution in [0.4, 0.5) is 32.6 Å². The molecule has 10 nitrogen and oxygen atoms in total. The Hall–Kier alpha value is -3.82. The molecule has 2 aromatic heterocycles. The van der Waals surface area contributed by atoms with E-state index in [0.717, 1.165) is 36.0 Å². The molecule has 204 valence electrons.